The molecule has 1 aromatic heterocycles. The molecule has 2 heterocycles. The molecule has 0 atom stereocenters. The smallest absolute Gasteiger partial charge is 0.242 e. The molecule has 0 spiro atoms. The zero-order valence-electron chi connectivity index (χ0n) is 17.2. The first-order valence-corrected chi connectivity index (χ1v) is 12.3. The Hall–Kier alpha value is -2.64. The lowest BCUT2D eigenvalue weighted by molar-refractivity contribution is -0.133. The van der Waals surface area contributed by atoms with Gasteiger partial charge in [-0.2, -0.15) is 0 Å². The Morgan fingerprint density at radius 2 is 1.60 bits per heavy atom. The first kappa shape index (κ1) is 20.6. The SMILES string of the molecule is CS(=O)(=O)CCN1CCN(C(=O)Cn2c(-c3ccccc3)cc3ccccc32)CC1. The molecule has 1 fully saturated rings. The van der Waals surface area contributed by atoms with E-state index in [9.17, 15) is 13.2 Å². The van der Waals surface area contributed by atoms with E-state index in [1.54, 1.807) is 0 Å². The van der Waals surface area contributed by atoms with E-state index >= 15 is 0 Å². The van der Waals surface area contributed by atoms with Crippen molar-refractivity contribution >= 4 is 26.6 Å². The zero-order chi connectivity index (χ0) is 21.1. The van der Waals surface area contributed by atoms with Crippen LogP contribution in [0.2, 0.25) is 0 Å². The average Bonchev–Trinajstić information content (AvgIpc) is 3.11. The Morgan fingerprint density at radius 1 is 0.933 bits per heavy atom. The van der Waals surface area contributed by atoms with Gasteiger partial charge in [0.15, 0.2) is 0 Å². The summed E-state index contributed by atoms with van der Waals surface area (Å²) in [5.74, 6) is 0.257. The summed E-state index contributed by atoms with van der Waals surface area (Å²) in [6, 6.07) is 20.4. The summed E-state index contributed by atoms with van der Waals surface area (Å²) >= 11 is 0. The molecule has 1 aliphatic rings. The first-order chi connectivity index (χ1) is 14.4. The molecule has 0 saturated carbocycles. The maximum atomic E-state index is 13.1. The number of sulfone groups is 1. The molecule has 0 N–H and O–H groups in total. The summed E-state index contributed by atoms with van der Waals surface area (Å²) in [6.07, 6.45) is 1.26. The van der Waals surface area contributed by atoms with Gasteiger partial charge in [0, 0.05) is 55.6 Å². The van der Waals surface area contributed by atoms with Crippen molar-refractivity contribution < 1.29 is 13.2 Å². The largest absolute Gasteiger partial charge is 0.339 e. The van der Waals surface area contributed by atoms with Crippen molar-refractivity contribution in [1.29, 1.82) is 0 Å². The van der Waals surface area contributed by atoms with Crippen LogP contribution in [-0.4, -0.2) is 73.4 Å². The normalized spacial score (nSPS) is 15.6. The van der Waals surface area contributed by atoms with Gasteiger partial charge in [0.2, 0.25) is 5.91 Å². The molecule has 6 nitrogen and oxygen atoms in total. The highest BCUT2D eigenvalue weighted by atomic mass is 32.2. The number of carbonyl (C=O) groups is 1. The Morgan fingerprint density at radius 3 is 2.30 bits per heavy atom. The fourth-order valence-electron chi connectivity index (χ4n) is 3.98. The van der Waals surface area contributed by atoms with Gasteiger partial charge in [-0.25, -0.2) is 8.42 Å². The predicted octanol–water partition coefficient (Wildman–Crippen LogP) is 2.50. The van der Waals surface area contributed by atoms with Gasteiger partial charge in [-0.05, 0) is 17.7 Å². The first-order valence-electron chi connectivity index (χ1n) is 10.2. The van der Waals surface area contributed by atoms with E-state index in [4.69, 9.17) is 0 Å². The Balaban J connectivity index is 1.49. The van der Waals surface area contributed by atoms with Gasteiger partial charge in [0.1, 0.15) is 16.4 Å². The lowest BCUT2D eigenvalue weighted by atomic mass is 10.1. The van der Waals surface area contributed by atoms with Crippen LogP contribution in [0.1, 0.15) is 0 Å². The number of piperazine rings is 1. The van der Waals surface area contributed by atoms with E-state index < -0.39 is 9.84 Å². The molecule has 158 valence electrons. The van der Waals surface area contributed by atoms with Crippen molar-refractivity contribution in [2.45, 2.75) is 6.54 Å². The second kappa shape index (κ2) is 8.62. The molecule has 7 heteroatoms. The lowest BCUT2D eigenvalue weighted by Crippen LogP contribution is -2.50. The van der Waals surface area contributed by atoms with Gasteiger partial charge in [-0.1, -0.05) is 48.5 Å². The minimum Gasteiger partial charge on any atom is -0.339 e. The molecular weight excluding hydrogens is 398 g/mol. The summed E-state index contributed by atoms with van der Waals surface area (Å²) in [7, 11) is -2.97. The standard InChI is InChI=1S/C23H27N3O3S/c1-30(28,29)16-15-24-11-13-25(14-12-24)23(27)18-26-21-10-6-5-9-20(21)17-22(26)19-7-3-2-4-8-19/h2-10,17H,11-16,18H2,1H3. The molecule has 30 heavy (non-hydrogen) atoms. The summed E-state index contributed by atoms with van der Waals surface area (Å²) in [5, 5.41) is 1.12. The van der Waals surface area contributed by atoms with E-state index in [0.29, 0.717) is 39.3 Å². The number of para-hydroxylation sites is 1. The number of carbonyl (C=O) groups excluding carboxylic acids is 1. The average molecular weight is 426 g/mol. The van der Waals surface area contributed by atoms with Crippen LogP contribution in [0.25, 0.3) is 22.2 Å². The number of hydrogen-bond donors (Lipinski definition) is 0. The number of aromatic nitrogens is 1. The second-order valence-corrected chi connectivity index (χ2v) is 10.2. The van der Waals surface area contributed by atoms with Crippen LogP contribution in [0.4, 0.5) is 0 Å². The van der Waals surface area contributed by atoms with Crippen LogP contribution in [-0.2, 0) is 21.2 Å². The number of amides is 1. The zero-order valence-corrected chi connectivity index (χ0v) is 18.0. The van der Waals surface area contributed by atoms with Crippen LogP contribution in [0.5, 0.6) is 0 Å². The summed E-state index contributed by atoms with van der Waals surface area (Å²) in [5.41, 5.74) is 3.18. The molecule has 0 bridgehead atoms. The van der Waals surface area contributed by atoms with Crippen LogP contribution in [0, 0.1) is 0 Å². The lowest BCUT2D eigenvalue weighted by Gasteiger charge is -2.34. The highest BCUT2D eigenvalue weighted by Crippen LogP contribution is 2.28. The summed E-state index contributed by atoms with van der Waals surface area (Å²) in [4.78, 5) is 17.1. The minimum absolute atomic E-state index is 0.0938. The molecule has 0 aliphatic carbocycles. The van der Waals surface area contributed by atoms with E-state index in [1.165, 1.54) is 6.26 Å². The van der Waals surface area contributed by atoms with Crippen LogP contribution in [0.15, 0.2) is 60.7 Å². The van der Waals surface area contributed by atoms with Gasteiger partial charge in [-0.15, -0.1) is 0 Å². The van der Waals surface area contributed by atoms with Crippen molar-refractivity contribution in [1.82, 2.24) is 14.4 Å². The number of benzene rings is 2. The molecule has 0 unspecified atom stereocenters. The van der Waals surface area contributed by atoms with Gasteiger partial charge in [0.05, 0.1) is 5.75 Å². The molecule has 4 rings (SSSR count). The fraction of sp³-hybridized carbons (Fsp3) is 0.348. The third kappa shape index (κ3) is 4.74. The second-order valence-electron chi connectivity index (χ2n) is 7.89. The van der Waals surface area contributed by atoms with Gasteiger partial charge in [-0.3, -0.25) is 9.69 Å². The monoisotopic (exact) mass is 425 g/mol. The molecular formula is C23H27N3O3S. The fourth-order valence-corrected chi connectivity index (χ4v) is 4.57. The quantitative estimate of drug-likeness (QED) is 0.609. The van der Waals surface area contributed by atoms with E-state index in [-0.39, 0.29) is 11.7 Å². The Kier molecular flexibility index (Phi) is 5.92. The maximum absolute atomic E-state index is 13.1. The number of rotatable bonds is 6. The van der Waals surface area contributed by atoms with Crippen molar-refractivity contribution in [2.24, 2.45) is 0 Å². The van der Waals surface area contributed by atoms with Crippen LogP contribution in [0.3, 0.4) is 0 Å². The molecule has 1 saturated heterocycles. The molecule has 3 aromatic rings. The topological polar surface area (TPSA) is 62.6 Å². The van der Waals surface area contributed by atoms with Crippen molar-refractivity contribution in [3.8, 4) is 11.3 Å². The molecule has 1 aliphatic heterocycles. The summed E-state index contributed by atoms with van der Waals surface area (Å²) < 4.78 is 24.9. The Bertz CT molecular complexity index is 1130. The minimum atomic E-state index is -2.97. The third-order valence-corrected chi connectivity index (χ3v) is 6.60. The van der Waals surface area contributed by atoms with E-state index in [1.807, 2.05) is 35.2 Å². The molecule has 1 amide bonds. The highest BCUT2D eigenvalue weighted by Gasteiger charge is 2.23. The molecule has 0 radical (unpaired) electrons. The third-order valence-electron chi connectivity index (χ3n) is 5.68. The van der Waals surface area contributed by atoms with Crippen LogP contribution < -0.4 is 0 Å². The van der Waals surface area contributed by atoms with Crippen LogP contribution >= 0.6 is 0 Å². The Labute approximate surface area is 177 Å². The number of hydrogen-bond acceptors (Lipinski definition) is 4. The van der Waals surface area contributed by atoms with E-state index in [0.717, 1.165) is 22.2 Å². The summed E-state index contributed by atoms with van der Waals surface area (Å²) in [6.45, 7) is 3.49. The van der Waals surface area contributed by atoms with Crippen molar-refractivity contribution in [2.75, 3.05) is 44.7 Å². The van der Waals surface area contributed by atoms with Gasteiger partial charge >= 0.3 is 0 Å². The van der Waals surface area contributed by atoms with Gasteiger partial charge in [0.25, 0.3) is 0 Å². The van der Waals surface area contributed by atoms with Gasteiger partial charge < -0.3 is 9.47 Å². The predicted molar refractivity (Wildman–Crippen MR) is 120 cm³/mol. The highest BCUT2D eigenvalue weighted by molar-refractivity contribution is 7.90. The van der Waals surface area contributed by atoms with E-state index in [2.05, 4.69) is 39.8 Å². The van der Waals surface area contributed by atoms with Crippen molar-refractivity contribution in [3.05, 3.63) is 60.7 Å². The number of fused-ring (bicyclic) bond motifs is 1. The maximum Gasteiger partial charge on any atom is 0.242 e. The van der Waals surface area contributed by atoms with Crippen molar-refractivity contribution in [3.63, 3.8) is 0 Å². The number of nitrogens with zero attached hydrogens (tertiary/aromatic N) is 3. The molecule has 2 aromatic carbocycles.